The van der Waals surface area contributed by atoms with Gasteiger partial charge >= 0.3 is 0 Å². The Bertz CT molecular complexity index is 1270. The highest BCUT2D eigenvalue weighted by Crippen LogP contribution is 2.25. The van der Waals surface area contributed by atoms with Crippen molar-refractivity contribution in [3.63, 3.8) is 0 Å². The number of carbonyl (C=O) groups is 1. The zero-order valence-electron chi connectivity index (χ0n) is 19.7. The maximum atomic E-state index is 13.2. The third-order valence-electron chi connectivity index (χ3n) is 6.67. The van der Waals surface area contributed by atoms with E-state index >= 15 is 0 Å². The molecule has 4 heterocycles. The number of hydrogen-bond donors (Lipinski definition) is 0. The molecule has 0 saturated carbocycles. The Balaban J connectivity index is 1.25. The van der Waals surface area contributed by atoms with Crippen molar-refractivity contribution in [2.45, 2.75) is 12.8 Å². The maximum absolute atomic E-state index is 13.2. The van der Waals surface area contributed by atoms with Crippen LogP contribution in [0.5, 0.6) is 0 Å². The molecule has 5 rings (SSSR count). The van der Waals surface area contributed by atoms with E-state index in [0.29, 0.717) is 38.5 Å². The Hall–Kier alpha value is -3.31. The van der Waals surface area contributed by atoms with Gasteiger partial charge in [0.25, 0.3) is 0 Å². The predicted octanol–water partition coefficient (Wildman–Crippen LogP) is 1.65. The molecule has 184 valence electrons. The summed E-state index contributed by atoms with van der Waals surface area (Å²) in [4.78, 5) is 21.5. The van der Waals surface area contributed by atoms with E-state index in [1.807, 2.05) is 53.2 Å². The molecule has 1 aromatic carbocycles. The fourth-order valence-electron chi connectivity index (χ4n) is 4.79. The third-order valence-corrected chi connectivity index (χ3v) is 7.97. The molecular formula is C24H29N7O3S. The van der Waals surface area contributed by atoms with Gasteiger partial charge < -0.3 is 9.80 Å². The number of benzene rings is 1. The summed E-state index contributed by atoms with van der Waals surface area (Å²) in [6.07, 6.45) is 6.54. The highest BCUT2D eigenvalue weighted by Gasteiger charge is 2.33. The first-order valence-electron chi connectivity index (χ1n) is 11.8. The lowest BCUT2D eigenvalue weighted by atomic mass is 9.96. The molecule has 2 saturated heterocycles. The zero-order chi connectivity index (χ0) is 24.4. The molecule has 1 unspecified atom stereocenters. The molecule has 11 heteroatoms. The van der Waals surface area contributed by atoms with Gasteiger partial charge in [-0.3, -0.25) is 9.36 Å². The van der Waals surface area contributed by atoms with Crippen LogP contribution in [0.15, 0.2) is 54.9 Å². The van der Waals surface area contributed by atoms with Crippen LogP contribution in [0.25, 0.3) is 17.2 Å². The summed E-state index contributed by atoms with van der Waals surface area (Å²) >= 11 is 0. The number of piperidine rings is 1. The van der Waals surface area contributed by atoms with Crippen molar-refractivity contribution >= 4 is 21.7 Å². The lowest BCUT2D eigenvalue weighted by Gasteiger charge is -2.38. The van der Waals surface area contributed by atoms with E-state index in [4.69, 9.17) is 0 Å². The predicted molar refractivity (Wildman–Crippen MR) is 133 cm³/mol. The average Bonchev–Trinajstić information content (AvgIpc) is 3.39. The van der Waals surface area contributed by atoms with Crippen molar-refractivity contribution < 1.29 is 13.2 Å². The molecule has 2 aliphatic heterocycles. The smallest absolute Gasteiger partial charge is 0.227 e. The molecule has 10 nitrogen and oxygen atoms in total. The molecule has 2 aliphatic rings. The number of anilines is 1. The van der Waals surface area contributed by atoms with E-state index < -0.39 is 10.0 Å². The summed E-state index contributed by atoms with van der Waals surface area (Å²) in [7, 11) is -3.22. The third kappa shape index (κ3) is 5.06. The Labute approximate surface area is 205 Å². The summed E-state index contributed by atoms with van der Waals surface area (Å²) < 4.78 is 26.8. The van der Waals surface area contributed by atoms with Crippen molar-refractivity contribution in [3.8, 4) is 17.2 Å². The van der Waals surface area contributed by atoms with Crippen LogP contribution < -0.4 is 4.90 Å². The average molecular weight is 496 g/mol. The second kappa shape index (κ2) is 9.74. The van der Waals surface area contributed by atoms with Crippen LogP contribution in [0.2, 0.25) is 0 Å². The van der Waals surface area contributed by atoms with Crippen LogP contribution in [0.1, 0.15) is 12.8 Å². The highest BCUT2D eigenvalue weighted by atomic mass is 32.2. The van der Waals surface area contributed by atoms with Crippen LogP contribution in [-0.4, -0.2) is 88.8 Å². The van der Waals surface area contributed by atoms with Crippen molar-refractivity contribution in [1.29, 1.82) is 0 Å². The molecule has 3 aromatic rings. The molecule has 1 atom stereocenters. The van der Waals surface area contributed by atoms with E-state index in [9.17, 15) is 13.2 Å². The minimum absolute atomic E-state index is 0.0957. The van der Waals surface area contributed by atoms with Crippen LogP contribution in [-0.2, 0) is 14.8 Å². The molecule has 1 amide bonds. The van der Waals surface area contributed by atoms with Gasteiger partial charge in [-0.15, -0.1) is 10.2 Å². The molecule has 35 heavy (non-hydrogen) atoms. The highest BCUT2D eigenvalue weighted by molar-refractivity contribution is 7.88. The second-order valence-electron chi connectivity index (χ2n) is 9.01. The maximum Gasteiger partial charge on any atom is 0.227 e. The number of hydrogen-bond acceptors (Lipinski definition) is 7. The number of imidazole rings is 1. The zero-order valence-corrected chi connectivity index (χ0v) is 20.5. The second-order valence-corrected chi connectivity index (χ2v) is 11.0. The van der Waals surface area contributed by atoms with Crippen LogP contribution in [0.3, 0.4) is 0 Å². The van der Waals surface area contributed by atoms with Crippen LogP contribution in [0.4, 0.5) is 5.82 Å². The van der Waals surface area contributed by atoms with Crippen LogP contribution in [0, 0.1) is 5.92 Å². The fourth-order valence-corrected chi connectivity index (χ4v) is 5.62. The van der Waals surface area contributed by atoms with E-state index in [-0.39, 0.29) is 11.8 Å². The summed E-state index contributed by atoms with van der Waals surface area (Å²) in [5.41, 5.74) is 0.998. The largest absolute Gasteiger partial charge is 0.354 e. The molecule has 2 aromatic heterocycles. The molecular weight excluding hydrogens is 466 g/mol. The number of sulfonamides is 1. The van der Waals surface area contributed by atoms with Crippen molar-refractivity contribution in [2.24, 2.45) is 5.92 Å². The van der Waals surface area contributed by atoms with E-state index in [1.54, 1.807) is 11.1 Å². The van der Waals surface area contributed by atoms with Crippen LogP contribution >= 0.6 is 0 Å². The van der Waals surface area contributed by atoms with Gasteiger partial charge in [-0.2, -0.15) is 4.31 Å². The Morgan fingerprint density at radius 2 is 1.66 bits per heavy atom. The van der Waals surface area contributed by atoms with Gasteiger partial charge in [-0.25, -0.2) is 13.4 Å². The number of piperazine rings is 1. The minimum atomic E-state index is -3.22. The Kier molecular flexibility index (Phi) is 6.52. The lowest BCUT2D eigenvalue weighted by Crippen LogP contribution is -2.53. The minimum Gasteiger partial charge on any atom is -0.354 e. The van der Waals surface area contributed by atoms with Gasteiger partial charge in [-0.05, 0) is 25.0 Å². The van der Waals surface area contributed by atoms with Gasteiger partial charge in [0, 0.05) is 57.2 Å². The summed E-state index contributed by atoms with van der Waals surface area (Å²) in [5.74, 6) is 2.19. The van der Waals surface area contributed by atoms with Crippen molar-refractivity contribution in [2.75, 3.05) is 50.4 Å². The SMILES string of the molecule is CS(=O)(=O)N1CCN(C(=O)C2CCCN(c3ccc(-n4ccnc4-c4ccccc4)nn3)C2)CC1. The standard InChI is InChI=1S/C24H29N7O3S/c1-35(33,34)30-16-14-28(15-17-30)24(32)20-8-5-12-29(18-20)21-9-10-22(27-26-21)31-13-11-25-23(31)19-6-3-2-4-7-19/h2-4,6-7,9-11,13,20H,5,8,12,14-18H2,1H3. The van der Waals surface area contributed by atoms with Gasteiger partial charge in [0.1, 0.15) is 5.82 Å². The normalized spacial score (nSPS) is 19.6. The fraction of sp³-hybridized carbons (Fsp3) is 0.417. The summed E-state index contributed by atoms with van der Waals surface area (Å²) in [5, 5.41) is 8.91. The number of aromatic nitrogens is 4. The molecule has 2 fully saturated rings. The van der Waals surface area contributed by atoms with Gasteiger partial charge in [0.15, 0.2) is 11.6 Å². The van der Waals surface area contributed by atoms with Gasteiger partial charge in [-0.1, -0.05) is 30.3 Å². The number of rotatable bonds is 5. The van der Waals surface area contributed by atoms with Crippen molar-refractivity contribution in [3.05, 3.63) is 54.9 Å². The molecule has 0 bridgehead atoms. The summed E-state index contributed by atoms with van der Waals surface area (Å²) in [6, 6.07) is 13.8. The number of nitrogens with zero attached hydrogens (tertiary/aromatic N) is 7. The van der Waals surface area contributed by atoms with E-state index in [0.717, 1.165) is 36.6 Å². The summed E-state index contributed by atoms with van der Waals surface area (Å²) in [6.45, 7) is 2.98. The van der Waals surface area contributed by atoms with Gasteiger partial charge in [0.2, 0.25) is 15.9 Å². The molecule has 0 radical (unpaired) electrons. The number of amides is 1. The van der Waals surface area contributed by atoms with Crippen molar-refractivity contribution in [1.82, 2.24) is 29.0 Å². The Morgan fingerprint density at radius 3 is 2.34 bits per heavy atom. The molecule has 0 spiro atoms. The topological polar surface area (TPSA) is 105 Å². The van der Waals surface area contributed by atoms with Gasteiger partial charge in [0.05, 0.1) is 12.2 Å². The quantitative estimate of drug-likeness (QED) is 0.530. The molecule has 0 aliphatic carbocycles. The van der Waals surface area contributed by atoms with E-state index in [2.05, 4.69) is 20.1 Å². The first-order valence-corrected chi connectivity index (χ1v) is 13.7. The Morgan fingerprint density at radius 1 is 0.943 bits per heavy atom. The lowest BCUT2D eigenvalue weighted by molar-refractivity contribution is -0.137. The monoisotopic (exact) mass is 495 g/mol. The number of carbonyl (C=O) groups excluding carboxylic acids is 1. The first kappa shape index (κ1) is 23.4. The molecule has 0 N–H and O–H groups in total. The van der Waals surface area contributed by atoms with E-state index in [1.165, 1.54) is 10.6 Å². The first-order chi connectivity index (χ1) is 16.9.